The Balaban J connectivity index is 1.71. The quantitative estimate of drug-likeness (QED) is 0.612. The van der Waals surface area contributed by atoms with Gasteiger partial charge in [-0.15, -0.1) is 0 Å². The molecule has 0 saturated heterocycles. The largest absolute Gasteiger partial charge is 0.391 e. The van der Waals surface area contributed by atoms with Crippen molar-refractivity contribution < 1.29 is 17.6 Å². The summed E-state index contributed by atoms with van der Waals surface area (Å²) < 4.78 is 55.2. The van der Waals surface area contributed by atoms with Crippen molar-refractivity contribution in [1.29, 1.82) is 0 Å². The molecule has 0 aliphatic heterocycles. The van der Waals surface area contributed by atoms with Gasteiger partial charge in [0.25, 0.3) is 5.56 Å². The van der Waals surface area contributed by atoms with Gasteiger partial charge < -0.3 is 4.57 Å². The van der Waals surface area contributed by atoms with Gasteiger partial charge in [-0.1, -0.05) is 0 Å². The maximum absolute atomic E-state index is 13.4. The van der Waals surface area contributed by atoms with Crippen LogP contribution in [0.5, 0.6) is 0 Å². The van der Waals surface area contributed by atoms with Crippen LogP contribution in [-0.4, -0.2) is 25.3 Å². The molecule has 1 aliphatic rings. The maximum Gasteiger partial charge on any atom is 0.391 e. The van der Waals surface area contributed by atoms with Gasteiger partial charge in [0.1, 0.15) is 11.6 Å². The van der Waals surface area contributed by atoms with E-state index in [1.807, 2.05) is 0 Å². The first-order chi connectivity index (χ1) is 13.7. The van der Waals surface area contributed by atoms with Gasteiger partial charge in [0, 0.05) is 13.5 Å². The number of nitrogens with zero attached hydrogens (tertiary/aromatic N) is 4. The van der Waals surface area contributed by atoms with Crippen LogP contribution in [0, 0.1) is 17.7 Å². The monoisotopic (exact) mass is 408 g/mol. The van der Waals surface area contributed by atoms with E-state index < -0.39 is 17.9 Å². The van der Waals surface area contributed by atoms with Gasteiger partial charge in [-0.3, -0.25) is 9.36 Å². The lowest BCUT2D eigenvalue weighted by atomic mass is 9.80. The van der Waals surface area contributed by atoms with Gasteiger partial charge >= 0.3 is 6.18 Å². The molecular formula is C20H20F4N4O. The summed E-state index contributed by atoms with van der Waals surface area (Å²) in [5.74, 6) is -1.24. The number of imidazole rings is 1. The summed E-state index contributed by atoms with van der Waals surface area (Å²) in [4.78, 5) is 21.8. The minimum Gasteiger partial charge on any atom is -0.318 e. The van der Waals surface area contributed by atoms with Crippen molar-refractivity contribution in [2.45, 2.75) is 38.3 Å². The third kappa shape index (κ3) is 3.77. The first-order valence-electron chi connectivity index (χ1n) is 9.49. The van der Waals surface area contributed by atoms with Crippen molar-refractivity contribution in [3.05, 3.63) is 52.6 Å². The lowest BCUT2D eigenvalue weighted by Crippen LogP contribution is -2.30. The zero-order chi connectivity index (χ0) is 20.8. The Morgan fingerprint density at radius 1 is 1.10 bits per heavy atom. The van der Waals surface area contributed by atoms with Crippen molar-refractivity contribution >= 4 is 11.2 Å². The van der Waals surface area contributed by atoms with Crippen molar-refractivity contribution in [3.63, 3.8) is 0 Å². The molecule has 0 N–H and O–H groups in total. The van der Waals surface area contributed by atoms with Crippen LogP contribution in [0.25, 0.3) is 16.9 Å². The molecule has 4 rings (SSSR count). The van der Waals surface area contributed by atoms with Crippen LogP contribution >= 0.6 is 0 Å². The minimum atomic E-state index is -4.16. The van der Waals surface area contributed by atoms with Crippen LogP contribution in [-0.2, 0) is 13.5 Å². The molecule has 0 amide bonds. The van der Waals surface area contributed by atoms with Gasteiger partial charge in [0.2, 0.25) is 0 Å². The van der Waals surface area contributed by atoms with E-state index in [2.05, 4.69) is 9.97 Å². The molecule has 5 nitrogen and oxygen atoms in total. The third-order valence-corrected chi connectivity index (χ3v) is 5.67. The molecule has 0 atom stereocenters. The molecule has 0 radical (unpaired) electrons. The van der Waals surface area contributed by atoms with Crippen molar-refractivity contribution in [3.8, 4) is 5.69 Å². The number of alkyl halides is 3. The van der Waals surface area contributed by atoms with E-state index in [0.717, 1.165) is 0 Å². The van der Waals surface area contributed by atoms with Crippen LogP contribution in [0.2, 0.25) is 0 Å². The molecule has 0 unspecified atom stereocenters. The lowest BCUT2D eigenvalue weighted by molar-refractivity contribution is -0.183. The molecule has 1 aliphatic carbocycles. The number of rotatable bonds is 3. The molecule has 0 spiro atoms. The van der Waals surface area contributed by atoms with E-state index in [4.69, 9.17) is 0 Å². The van der Waals surface area contributed by atoms with E-state index in [-0.39, 0.29) is 29.8 Å². The fourth-order valence-corrected chi connectivity index (χ4v) is 4.05. The van der Waals surface area contributed by atoms with Gasteiger partial charge in [0.15, 0.2) is 11.2 Å². The van der Waals surface area contributed by atoms with Crippen molar-refractivity contribution in [1.82, 2.24) is 19.1 Å². The number of fused-ring (bicyclic) bond motifs is 1. The highest BCUT2D eigenvalue weighted by Crippen LogP contribution is 2.40. The predicted molar refractivity (Wildman–Crippen MR) is 99.3 cm³/mol. The summed E-state index contributed by atoms with van der Waals surface area (Å²) in [6, 6.07) is 5.47. The van der Waals surface area contributed by atoms with Crippen LogP contribution in [0.4, 0.5) is 17.6 Å². The molecule has 154 valence electrons. The smallest absolute Gasteiger partial charge is 0.318 e. The molecular weight excluding hydrogens is 388 g/mol. The average molecular weight is 408 g/mol. The predicted octanol–water partition coefficient (Wildman–Crippen LogP) is 4.17. The van der Waals surface area contributed by atoms with Crippen molar-refractivity contribution in [2.24, 2.45) is 18.9 Å². The van der Waals surface area contributed by atoms with Gasteiger partial charge in [-0.25, -0.2) is 14.4 Å². The Bertz CT molecular complexity index is 1080. The highest BCUT2D eigenvalue weighted by molar-refractivity contribution is 5.70. The Morgan fingerprint density at radius 2 is 1.76 bits per heavy atom. The summed E-state index contributed by atoms with van der Waals surface area (Å²) in [6.45, 7) is 0. The zero-order valence-corrected chi connectivity index (χ0v) is 15.8. The molecule has 2 heterocycles. The highest BCUT2D eigenvalue weighted by Gasteiger charge is 2.41. The molecule has 1 fully saturated rings. The number of hydrogen-bond donors (Lipinski definition) is 0. The number of benzene rings is 1. The number of aromatic nitrogens is 4. The summed E-state index contributed by atoms with van der Waals surface area (Å²) >= 11 is 0. The molecule has 0 bridgehead atoms. The van der Waals surface area contributed by atoms with Crippen molar-refractivity contribution in [2.75, 3.05) is 0 Å². The summed E-state index contributed by atoms with van der Waals surface area (Å²) in [6.07, 6.45) is -1.27. The standard InChI is InChI=1S/C20H20F4N4O/c1-27-11-25-17-18(27)26-16(10-12-2-4-13(5-3-12)20(22,23)24)28(19(17)29)15-8-6-14(21)7-9-15/h6-9,11-13H,2-5,10H2,1H3. The Hall–Kier alpha value is -2.71. The average Bonchev–Trinajstić information content (AvgIpc) is 3.04. The Kier molecular flexibility index (Phi) is 4.92. The van der Waals surface area contributed by atoms with Crippen LogP contribution in [0.3, 0.4) is 0 Å². The summed E-state index contributed by atoms with van der Waals surface area (Å²) in [5, 5.41) is 0. The second-order valence-electron chi connectivity index (χ2n) is 7.64. The topological polar surface area (TPSA) is 52.7 Å². The van der Waals surface area contributed by atoms with E-state index in [9.17, 15) is 22.4 Å². The van der Waals surface area contributed by atoms with E-state index in [1.165, 1.54) is 35.2 Å². The fraction of sp³-hybridized carbons (Fsp3) is 0.450. The van der Waals surface area contributed by atoms with Gasteiger partial charge in [-0.05, 0) is 55.9 Å². The molecule has 1 aromatic carbocycles. The second kappa shape index (κ2) is 7.27. The second-order valence-corrected chi connectivity index (χ2v) is 7.64. The third-order valence-electron chi connectivity index (χ3n) is 5.67. The Morgan fingerprint density at radius 3 is 2.38 bits per heavy atom. The SMILES string of the molecule is Cn1cnc2c(=O)n(-c3ccc(F)cc3)c(CC3CCC(C(F)(F)F)CC3)nc21. The summed E-state index contributed by atoms with van der Waals surface area (Å²) in [7, 11) is 1.72. The van der Waals surface area contributed by atoms with Gasteiger partial charge in [0.05, 0.1) is 17.9 Å². The molecule has 29 heavy (non-hydrogen) atoms. The van der Waals surface area contributed by atoms with E-state index >= 15 is 0 Å². The van der Waals surface area contributed by atoms with Crippen LogP contribution in [0.15, 0.2) is 35.4 Å². The highest BCUT2D eigenvalue weighted by atomic mass is 19.4. The Labute approximate surface area is 164 Å². The van der Waals surface area contributed by atoms with E-state index in [0.29, 0.717) is 36.4 Å². The minimum absolute atomic E-state index is 0.00197. The van der Waals surface area contributed by atoms with Gasteiger partial charge in [-0.2, -0.15) is 13.2 Å². The summed E-state index contributed by atoms with van der Waals surface area (Å²) in [5.41, 5.74) is 0.699. The number of halogens is 4. The number of aryl methyl sites for hydroxylation is 1. The molecule has 1 saturated carbocycles. The molecule has 3 aromatic rings. The first kappa shape index (κ1) is 19.6. The molecule has 9 heteroatoms. The molecule has 2 aromatic heterocycles. The maximum atomic E-state index is 13.4. The zero-order valence-electron chi connectivity index (χ0n) is 15.8. The van der Waals surface area contributed by atoms with E-state index in [1.54, 1.807) is 11.6 Å². The van der Waals surface area contributed by atoms with Crippen LogP contribution < -0.4 is 5.56 Å². The fourth-order valence-electron chi connectivity index (χ4n) is 4.05. The lowest BCUT2D eigenvalue weighted by Gasteiger charge is -2.30. The normalized spacial score (nSPS) is 20.3. The first-order valence-corrected chi connectivity index (χ1v) is 9.49. The number of hydrogen-bond acceptors (Lipinski definition) is 3. The van der Waals surface area contributed by atoms with Crippen LogP contribution in [0.1, 0.15) is 31.5 Å².